The van der Waals surface area contributed by atoms with E-state index >= 15 is 0 Å². The Morgan fingerprint density at radius 1 is 0.750 bits per heavy atom. The third-order valence-corrected chi connectivity index (χ3v) is 9.31. The first-order valence-corrected chi connectivity index (χ1v) is 16.9. The first-order valence-electron chi connectivity index (χ1n) is 16.9. The third kappa shape index (κ3) is 8.93. The van der Waals surface area contributed by atoms with Crippen molar-refractivity contribution in [1.29, 1.82) is 0 Å². The van der Waals surface area contributed by atoms with E-state index in [0.717, 1.165) is 122 Å². The number of hydrogen-bond donors (Lipinski definition) is 3. The molecular weight excluding hydrogens is 612 g/mol. The van der Waals surface area contributed by atoms with Gasteiger partial charge in [0.05, 0.1) is 27.7 Å². The highest BCUT2D eigenvalue weighted by molar-refractivity contribution is 5.78. The highest BCUT2D eigenvalue weighted by Crippen LogP contribution is 2.34. The number of benzene rings is 2. The largest absolute Gasteiger partial charge is 0.397 e. The summed E-state index contributed by atoms with van der Waals surface area (Å²) in [5.74, 6) is 2.87. The van der Waals surface area contributed by atoms with E-state index in [1.165, 1.54) is 12.8 Å². The molecule has 4 N–H and O–H groups in total. The molecule has 0 bridgehead atoms. The number of rotatable bonds is 11. The van der Waals surface area contributed by atoms with Gasteiger partial charge in [-0.25, -0.2) is 0 Å². The average Bonchev–Trinajstić information content (AvgIpc) is 3.61. The number of nitrogen functional groups attached to an aromatic ring is 1. The average molecular weight is 661 g/mol. The van der Waals surface area contributed by atoms with Crippen LogP contribution in [0, 0.1) is 49.6 Å². The van der Waals surface area contributed by atoms with Crippen LogP contribution in [0.1, 0.15) is 61.4 Å². The van der Waals surface area contributed by atoms with Gasteiger partial charge in [-0.3, -0.25) is 10.1 Å². The molecule has 2 aromatic heterocycles. The predicted octanol–water partition coefficient (Wildman–Crippen LogP) is 7.86. The molecule has 2 fully saturated rings. The van der Waals surface area contributed by atoms with Crippen LogP contribution < -0.4 is 16.4 Å². The van der Waals surface area contributed by atoms with Crippen molar-refractivity contribution in [1.82, 2.24) is 10.3 Å². The van der Waals surface area contributed by atoms with Crippen LogP contribution in [-0.2, 0) is 9.47 Å². The lowest BCUT2D eigenvalue weighted by Gasteiger charge is -2.22. The van der Waals surface area contributed by atoms with Crippen molar-refractivity contribution >= 4 is 22.7 Å². The molecule has 4 aromatic rings. The Labute approximate surface area is 281 Å². The van der Waals surface area contributed by atoms with Crippen LogP contribution in [0.3, 0.4) is 0 Å². The Kier molecular flexibility index (Phi) is 12.1. The van der Waals surface area contributed by atoms with Gasteiger partial charge >= 0.3 is 0 Å². The lowest BCUT2D eigenvalue weighted by molar-refractivity contribution is -0.383. The molecule has 0 radical (unpaired) electrons. The van der Waals surface area contributed by atoms with Gasteiger partial charge in [-0.05, 0) is 107 Å². The second-order valence-electron chi connectivity index (χ2n) is 12.7. The van der Waals surface area contributed by atoms with Crippen molar-refractivity contribution in [2.45, 2.75) is 66.2 Å². The van der Waals surface area contributed by atoms with E-state index < -0.39 is 0 Å². The molecule has 0 spiro atoms. The van der Waals surface area contributed by atoms with E-state index in [9.17, 15) is 10.1 Å². The fourth-order valence-corrected chi connectivity index (χ4v) is 6.55. The summed E-state index contributed by atoms with van der Waals surface area (Å²) in [6.07, 6.45) is 6.62. The Bertz CT molecular complexity index is 1620. The summed E-state index contributed by atoms with van der Waals surface area (Å²) in [4.78, 5) is 11.1. The Hall–Kier alpha value is -4.42. The molecular formula is C36H48N6O6. The summed E-state index contributed by atoms with van der Waals surface area (Å²) >= 11 is 0. The smallest absolute Gasteiger partial charge is 0.292 e. The van der Waals surface area contributed by atoms with Crippen molar-refractivity contribution in [2.24, 2.45) is 11.8 Å². The third-order valence-electron chi connectivity index (χ3n) is 9.31. The van der Waals surface area contributed by atoms with E-state index in [1.807, 2.05) is 39.0 Å². The minimum Gasteiger partial charge on any atom is -0.397 e. The van der Waals surface area contributed by atoms with Gasteiger partial charge in [-0.15, -0.1) is 0 Å². The van der Waals surface area contributed by atoms with E-state index in [4.69, 9.17) is 24.3 Å². The van der Waals surface area contributed by atoms with E-state index in [2.05, 4.69) is 27.0 Å². The highest BCUT2D eigenvalue weighted by atomic mass is 16.6. The summed E-state index contributed by atoms with van der Waals surface area (Å²) in [6.45, 7) is 12.6. The predicted molar refractivity (Wildman–Crippen MR) is 187 cm³/mol. The number of anilines is 3. The molecule has 6 rings (SSSR count). The topological polar surface area (TPSA) is 164 Å². The molecule has 12 nitrogen and oxygen atoms in total. The molecule has 0 aliphatic carbocycles. The fraction of sp³-hybridized carbons (Fsp3) is 0.500. The summed E-state index contributed by atoms with van der Waals surface area (Å²) in [5.41, 5.74) is 13.9. The van der Waals surface area contributed by atoms with Crippen molar-refractivity contribution < 1.29 is 23.4 Å². The standard InChI is InChI=1S/C18H23N3O4.C18H25N3O2/c1-12-18(13(2)25-20-12)15-3-4-16(17(11-15)21(22)23)19-8-5-14-6-9-24-10-7-14;1-12-18(13(2)23-21-12)15-3-4-17(16(19)11-15)20-8-5-14-6-9-22-10-7-14/h3-4,11,14,19H,5-10H2,1-2H3;3-4,11,14,20H,5-10,19H2,1-2H3. The molecule has 2 aliphatic heterocycles. The lowest BCUT2D eigenvalue weighted by Crippen LogP contribution is -2.18. The minimum absolute atomic E-state index is 0.0736. The first kappa shape index (κ1) is 34.9. The normalized spacial score (nSPS) is 15.5. The van der Waals surface area contributed by atoms with Crippen LogP contribution in [0.4, 0.5) is 22.7 Å². The second-order valence-corrected chi connectivity index (χ2v) is 12.7. The second kappa shape index (κ2) is 16.6. The van der Waals surface area contributed by atoms with Gasteiger partial charge in [0, 0.05) is 56.7 Å². The molecule has 0 unspecified atom stereocenters. The fourth-order valence-electron chi connectivity index (χ4n) is 6.55. The molecule has 2 saturated heterocycles. The number of ether oxygens (including phenoxy) is 2. The first-order chi connectivity index (χ1) is 23.2. The molecule has 0 amide bonds. The maximum absolute atomic E-state index is 11.5. The monoisotopic (exact) mass is 660 g/mol. The molecule has 0 saturated carbocycles. The number of nitrogens with one attached hydrogen (secondary N) is 2. The number of nitro benzene ring substituents is 1. The number of hydrogen-bond acceptors (Lipinski definition) is 11. The summed E-state index contributed by atoms with van der Waals surface area (Å²) in [6, 6.07) is 11.3. The molecule has 0 atom stereocenters. The quantitative estimate of drug-likeness (QED) is 0.0815. The van der Waals surface area contributed by atoms with Crippen molar-refractivity contribution in [3.8, 4) is 22.3 Å². The van der Waals surface area contributed by atoms with Crippen LogP contribution in [0.15, 0.2) is 45.4 Å². The molecule has 12 heteroatoms. The zero-order valence-corrected chi connectivity index (χ0v) is 28.5. The Morgan fingerprint density at radius 2 is 1.21 bits per heavy atom. The number of nitrogens with zero attached hydrogens (tertiary/aromatic N) is 3. The van der Waals surface area contributed by atoms with Crippen molar-refractivity contribution in [3.63, 3.8) is 0 Å². The van der Waals surface area contributed by atoms with Crippen LogP contribution >= 0.6 is 0 Å². The van der Waals surface area contributed by atoms with E-state index in [-0.39, 0.29) is 10.6 Å². The molecule has 48 heavy (non-hydrogen) atoms. The highest BCUT2D eigenvalue weighted by Gasteiger charge is 2.20. The number of nitro groups is 1. The number of aromatic nitrogens is 2. The van der Waals surface area contributed by atoms with Gasteiger partial charge in [-0.2, -0.15) is 0 Å². The van der Waals surface area contributed by atoms with Gasteiger partial charge < -0.3 is 34.9 Å². The van der Waals surface area contributed by atoms with Crippen molar-refractivity contribution in [2.75, 3.05) is 55.9 Å². The summed E-state index contributed by atoms with van der Waals surface area (Å²) < 4.78 is 21.2. The maximum atomic E-state index is 11.5. The maximum Gasteiger partial charge on any atom is 0.292 e. The Balaban J connectivity index is 0.000000188. The number of nitrogens with two attached hydrogens (primary N) is 1. The molecule has 258 valence electrons. The van der Waals surface area contributed by atoms with Gasteiger partial charge in [0.15, 0.2) is 0 Å². The zero-order chi connectivity index (χ0) is 34.0. The van der Waals surface area contributed by atoms with Gasteiger partial charge in [0.2, 0.25) is 0 Å². The van der Waals surface area contributed by atoms with Gasteiger partial charge in [-0.1, -0.05) is 22.4 Å². The Morgan fingerprint density at radius 3 is 1.65 bits per heavy atom. The van der Waals surface area contributed by atoms with Crippen LogP contribution in [0.2, 0.25) is 0 Å². The van der Waals surface area contributed by atoms with Gasteiger partial charge in [0.1, 0.15) is 17.2 Å². The molecule has 2 aliphatic rings. The SMILES string of the molecule is Cc1noc(C)c1-c1ccc(NCCC2CCOCC2)c(N)c1.Cc1noc(C)c1-c1ccc(NCCC2CCOCC2)c([N+](=O)[O-])c1. The van der Waals surface area contributed by atoms with Crippen LogP contribution in [0.25, 0.3) is 22.3 Å². The van der Waals surface area contributed by atoms with E-state index in [0.29, 0.717) is 17.4 Å². The van der Waals surface area contributed by atoms with E-state index in [1.54, 1.807) is 19.1 Å². The van der Waals surface area contributed by atoms with Crippen molar-refractivity contribution in [3.05, 3.63) is 69.4 Å². The molecule has 4 heterocycles. The van der Waals surface area contributed by atoms with Crippen LogP contribution in [0.5, 0.6) is 0 Å². The summed E-state index contributed by atoms with van der Waals surface area (Å²) in [5, 5.41) is 26.1. The summed E-state index contributed by atoms with van der Waals surface area (Å²) in [7, 11) is 0. The number of aryl methyl sites for hydroxylation is 4. The lowest BCUT2D eigenvalue weighted by atomic mass is 9.96. The zero-order valence-electron chi connectivity index (χ0n) is 28.5. The van der Waals surface area contributed by atoms with Gasteiger partial charge in [0.25, 0.3) is 5.69 Å². The minimum atomic E-state index is -0.349. The molecule has 2 aromatic carbocycles. The van der Waals surface area contributed by atoms with Crippen LogP contribution in [-0.4, -0.2) is 54.8 Å².